The van der Waals surface area contributed by atoms with Crippen LogP contribution in [0.4, 0.5) is 28.9 Å². The minimum Gasteiger partial charge on any atom is -0.461 e. The molecule has 6 nitrogen and oxygen atoms in total. The zero-order valence-electron chi connectivity index (χ0n) is 18.7. The van der Waals surface area contributed by atoms with E-state index in [2.05, 4.69) is 11.9 Å². The Balaban J connectivity index is 2.12. The van der Waals surface area contributed by atoms with Gasteiger partial charge in [0.05, 0.1) is 6.61 Å². The number of aromatic nitrogens is 1. The fourth-order valence-electron chi connectivity index (χ4n) is 3.58. The number of aliphatic hydroxyl groups is 1. The average Bonchev–Trinajstić information content (AvgIpc) is 3.24. The third-order valence-electron chi connectivity index (χ3n) is 5.28. The van der Waals surface area contributed by atoms with Gasteiger partial charge in [-0.05, 0) is 55.0 Å². The second kappa shape index (κ2) is 10.1. The molecule has 0 amide bonds. The van der Waals surface area contributed by atoms with Gasteiger partial charge in [-0.1, -0.05) is 12.1 Å². The number of nitrogens with zero attached hydrogens (tertiary/aromatic N) is 1. The summed E-state index contributed by atoms with van der Waals surface area (Å²) in [6.45, 7) is 5.13. The number of rotatable bonds is 9. The first kappa shape index (κ1) is 25.7. The molecule has 3 aromatic rings. The highest BCUT2D eigenvalue weighted by atomic mass is 19.4. The minimum atomic E-state index is -5.18. The van der Waals surface area contributed by atoms with E-state index in [1.54, 1.807) is 6.92 Å². The molecule has 35 heavy (non-hydrogen) atoms. The molecule has 3 rings (SSSR count). The Bertz CT molecular complexity index is 1240. The number of carbonyl (C=O) groups is 1. The molecule has 3 N–H and O–H groups in total. The van der Waals surface area contributed by atoms with Gasteiger partial charge in [-0.2, -0.15) is 13.2 Å². The molecule has 10 heteroatoms. The van der Waals surface area contributed by atoms with Gasteiger partial charge >= 0.3 is 12.1 Å². The van der Waals surface area contributed by atoms with E-state index in [1.165, 1.54) is 41.0 Å². The first-order chi connectivity index (χ1) is 16.5. The molecule has 0 bridgehead atoms. The van der Waals surface area contributed by atoms with Crippen molar-refractivity contribution < 1.29 is 32.2 Å². The fourth-order valence-corrected chi connectivity index (χ4v) is 3.58. The van der Waals surface area contributed by atoms with Gasteiger partial charge in [0.25, 0.3) is 0 Å². The van der Waals surface area contributed by atoms with Crippen LogP contribution >= 0.6 is 0 Å². The van der Waals surface area contributed by atoms with Crippen LogP contribution in [0.2, 0.25) is 0 Å². The highest BCUT2D eigenvalue weighted by molar-refractivity contribution is 5.89. The van der Waals surface area contributed by atoms with Gasteiger partial charge in [0.1, 0.15) is 11.5 Å². The van der Waals surface area contributed by atoms with E-state index in [9.17, 15) is 27.5 Å². The van der Waals surface area contributed by atoms with Crippen molar-refractivity contribution in [1.29, 1.82) is 5.41 Å². The van der Waals surface area contributed by atoms with E-state index in [0.717, 1.165) is 30.6 Å². The topological polar surface area (TPSA) is 87.3 Å². The van der Waals surface area contributed by atoms with Crippen molar-refractivity contribution in [3.8, 4) is 0 Å². The fraction of sp³-hybridized carbons (Fsp3) is 0.200. The van der Waals surface area contributed by atoms with Gasteiger partial charge in [-0.15, -0.1) is 6.58 Å². The van der Waals surface area contributed by atoms with Crippen LogP contribution in [0.15, 0.2) is 67.4 Å². The second-order valence-electron chi connectivity index (χ2n) is 7.56. The van der Waals surface area contributed by atoms with Crippen LogP contribution in [0.1, 0.15) is 34.1 Å². The van der Waals surface area contributed by atoms with Crippen LogP contribution in [0.3, 0.4) is 0 Å². The number of anilines is 2. The quantitative estimate of drug-likeness (QED) is 0.160. The number of ether oxygens (including phenoxy) is 1. The van der Waals surface area contributed by atoms with Gasteiger partial charge in [0.15, 0.2) is 0 Å². The Labute approximate surface area is 199 Å². The van der Waals surface area contributed by atoms with Crippen LogP contribution in [0.25, 0.3) is 0 Å². The van der Waals surface area contributed by atoms with E-state index in [0.29, 0.717) is 5.69 Å². The molecule has 0 aliphatic rings. The lowest BCUT2D eigenvalue weighted by Gasteiger charge is -2.31. The number of halogens is 4. The zero-order chi connectivity index (χ0) is 25.8. The van der Waals surface area contributed by atoms with Gasteiger partial charge < -0.3 is 25.1 Å². The average molecular weight is 489 g/mol. The van der Waals surface area contributed by atoms with E-state index in [-0.39, 0.29) is 30.1 Å². The lowest BCUT2D eigenvalue weighted by Crippen LogP contribution is -2.43. The molecule has 0 radical (unpaired) electrons. The summed E-state index contributed by atoms with van der Waals surface area (Å²) in [5, 5.41) is 21.7. The van der Waals surface area contributed by atoms with Gasteiger partial charge in [0, 0.05) is 41.5 Å². The van der Waals surface area contributed by atoms with Gasteiger partial charge in [0.2, 0.25) is 5.60 Å². The maximum absolute atomic E-state index is 14.4. The van der Waals surface area contributed by atoms with Crippen molar-refractivity contribution in [2.75, 3.05) is 11.9 Å². The molecule has 0 saturated heterocycles. The summed E-state index contributed by atoms with van der Waals surface area (Å²) in [6, 6.07) is 9.59. The van der Waals surface area contributed by atoms with Crippen molar-refractivity contribution in [2.24, 2.45) is 0 Å². The first-order valence-corrected chi connectivity index (χ1v) is 10.5. The van der Waals surface area contributed by atoms with E-state index >= 15 is 0 Å². The predicted octanol–water partition coefficient (Wildman–Crippen LogP) is 5.53. The molecular formula is C25H23F4N3O3. The number of benzene rings is 2. The zero-order valence-corrected chi connectivity index (χ0v) is 18.7. The normalized spacial score (nSPS) is 13.1. The summed E-state index contributed by atoms with van der Waals surface area (Å²) in [6.07, 6.45) is -1.93. The smallest absolute Gasteiger partial charge is 0.425 e. The Kier molecular flexibility index (Phi) is 7.45. The van der Waals surface area contributed by atoms with Crippen LogP contribution in [-0.4, -0.2) is 34.6 Å². The Morgan fingerprint density at radius 3 is 2.43 bits per heavy atom. The van der Waals surface area contributed by atoms with Crippen molar-refractivity contribution in [3.05, 3.63) is 95.6 Å². The lowest BCUT2D eigenvalue weighted by atomic mass is 9.86. The summed E-state index contributed by atoms with van der Waals surface area (Å²) in [5.41, 5.74) is -4.04. The van der Waals surface area contributed by atoms with Crippen LogP contribution in [0, 0.1) is 11.2 Å². The van der Waals surface area contributed by atoms with Crippen molar-refractivity contribution in [2.45, 2.75) is 25.2 Å². The van der Waals surface area contributed by atoms with Crippen molar-refractivity contribution >= 4 is 23.6 Å². The summed E-state index contributed by atoms with van der Waals surface area (Å²) in [7, 11) is 0. The van der Waals surface area contributed by atoms with E-state index in [4.69, 9.17) is 10.1 Å². The summed E-state index contributed by atoms with van der Waals surface area (Å²) in [5.74, 6) is -1.30. The molecule has 184 valence electrons. The molecule has 1 unspecified atom stereocenters. The summed E-state index contributed by atoms with van der Waals surface area (Å²) < 4.78 is 62.4. The number of alkyl halides is 3. The Morgan fingerprint density at radius 1 is 1.17 bits per heavy atom. The second-order valence-corrected chi connectivity index (χ2v) is 7.56. The molecular weight excluding hydrogens is 466 g/mol. The van der Waals surface area contributed by atoms with Crippen molar-refractivity contribution in [1.82, 2.24) is 4.57 Å². The predicted molar refractivity (Wildman–Crippen MR) is 124 cm³/mol. The van der Waals surface area contributed by atoms with Gasteiger partial charge in [-0.25, -0.2) is 9.18 Å². The molecule has 2 aromatic carbocycles. The largest absolute Gasteiger partial charge is 0.461 e. The molecule has 0 aliphatic carbocycles. The summed E-state index contributed by atoms with van der Waals surface area (Å²) >= 11 is 0. The molecule has 0 saturated carbocycles. The molecule has 1 atom stereocenters. The molecule has 0 spiro atoms. The third-order valence-corrected chi connectivity index (χ3v) is 5.28. The highest BCUT2D eigenvalue weighted by Gasteiger charge is 2.57. The lowest BCUT2D eigenvalue weighted by molar-refractivity contribution is -0.248. The number of allylic oxidation sites excluding steroid dienone is 1. The molecule has 1 aromatic heterocycles. The van der Waals surface area contributed by atoms with Crippen LogP contribution in [-0.2, 0) is 16.9 Å². The SMILES string of the molecule is C=CCn1cc(C(O)(c2ccc(Nc3ccc(F)cc3)c(C=N)c2)C(F)(F)F)cc1C(=O)OCC. The van der Waals surface area contributed by atoms with Crippen molar-refractivity contribution in [3.63, 3.8) is 0 Å². The maximum atomic E-state index is 14.4. The van der Waals surface area contributed by atoms with Crippen LogP contribution in [0.5, 0.6) is 0 Å². The number of nitrogens with one attached hydrogen (secondary N) is 2. The Hall–Kier alpha value is -3.92. The monoisotopic (exact) mass is 489 g/mol. The van der Waals surface area contributed by atoms with E-state index in [1.807, 2.05) is 0 Å². The molecule has 1 heterocycles. The van der Waals surface area contributed by atoms with Gasteiger partial charge in [-0.3, -0.25) is 0 Å². The van der Waals surface area contributed by atoms with E-state index < -0.39 is 34.7 Å². The molecule has 0 aliphatic heterocycles. The first-order valence-electron chi connectivity index (χ1n) is 10.5. The molecule has 0 fully saturated rings. The third kappa shape index (κ3) is 5.12. The standard InChI is InChI=1S/C25H23F4N3O3/c1-3-11-32-15-18(13-22(32)23(33)35-4-2)24(34,25(27,28)29)17-5-10-21(16(12-17)14-30)31-20-8-6-19(26)7-9-20/h3,5-10,12-15,30-31,34H,1,4,11H2,2H3. The number of hydrogen-bond acceptors (Lipinski definition) is 5. The Morgan fingerprint density at radius 2 is 1.86 bits per heavy atom. The highest BCUT2D eigenvalue weighted by Crippen LogP contribution is 2.45. The minimum absolute atomic E-state index is 0.00829. The number of esters is 1. The van der Waals surface area contributed by atoms with Crippen LogP contribution < -0.4 is 5.32 Å². The maximum Gasteiger partial charge on any atom is 0.425 e. The summed E-state index contributed by atoms with van der Waals surface area (Å²) in [4.78, 5) is 12.3. The number of hydrogen-bond donors (Lipinski definition) is 3. The number of carbonyl (C=O) groups excluding carboxylic acids is 1.